The van der Waals surface area contributed by atoms with Crippen molar-refractivity contribution in [1.29, 1.82) is 0 Å². The Morgan fingerprint density at radius 3 is 2.48 bits per heavy atom. The zero-order chi connectivity index (χ0) is 17.6. The predicted molar refractivity (Wildman–Crippen MR) is 93.5 cm³/mol. The van der Waals surface area contributed by atoms with E-state index in [2.05, 4.69) is 20.2 Å². The van der Waals surface area contributed by atoms with Crippen LogP contribution in [0.5, 0.6) is 0 Å². The van der Waals surface area contributed by atoms with Crippen LogP contribution in [0.3, 0.4) is 0 Å². The number of amides is 2. The molecule has 2 heterocycles. The van der Waals surface area contributed by atoms with Gasteiger partial charge in [-0.25, -0.2) is 4.98 Å². The second-order valence-corrected chi connectivity index (χ2v) is 6.08. The van der Waals surface area contributed by atoms with E-state index in [9.17, 15) is 9.59 Å². The van der Waals surface area contributed by atoms with Crippen LogP contribution < -0.4 is 16.0 Å². The molecule has 3 rings (SSSR count). The van der Waals surface area contributed by atoms with Crippen LogP contribution in [0.1, 0.15) is 24.4 Å². The molecule has 1 aromatic carbocycles. The lowest BCUT2D eigenvalue weighted by Crippen LogP contribution is -2.44. The highest BCUT2D eigenvalue weighted by molar-refractivity contribution is 5.88. The topological polar surface area (TPSA) is 101 Å². The standard InChI is InChI=1S/C18H21N5O2/c19-17(24)16(13-4-2-1-3-5-13)22-18(25)14-6-10-23(11-7-14)15-12-20-8-9-21-15/h1-5,8-9,12,14,16H,6-7,10-11H2,(H2,19,24)(H,22,25). The van der Waals surface area contributed by atoms with Gasteiger partial charge in [0.2, 0.25) is 11.8 Å². The Hall–Kier alpha value is -2.96. The summed E-state index contributed by atoms with van der Waals surface area (Å²) in [5.41, 5.74) is 6.16. The molecule has 1 aromatic heterocycles. The first kappa shape index (κ1) is 16.9. The van der Waals surface area contributed by atoms with E-state index in [4.69, 9.17) is 5.73 Å². The van der Waals surface area contributed by atoms with Gasteiger partial charge in [0.15, 0.2) is 0 Å². The van der Waals surface area contributed by atoms with Crippen LogP contribution >= 0.6 is 0 Å². The van der Waals surface area contributed by atoms with Gasteiger partial charge in [-0.3, -0.25) is 14.6 Å². The number of hydrogen-bond donors (Lipinski definition) is 2. The summed E-state index contributed by atoms with van der Waals surface area (Å²) in [5.74, 6) is -0.0119. The van der Waals surface area contributed by atoms with Crippen LogP contribution in [0.25, 0.3) is 0 Å². The minimum atomic E-state index is -0.799. The van der Waals surface area contributed by atoms with Gasteiger partial charge in [0, 0.05) is 31.4 Å². The normalized spacial score (nSPS) is 16.2. The molecule has 0 saturated carbocycles. The molecule has 130 valence electrons. The lowest BCUT2D eigenvalue weighted by molar-refractivity contribution is -0.130. The highest BCUT2D eigenvalue weighted by Crippen LogP contribution is 2.22. The van der Waals surface area contributed by atoms with Crippen molar-refractivity contribution in [3.05, 3.63) is 54.5 Å². The third-order valence-electron chi connectivity index (χ3n) is 4.44. The number of hydrogen-bond acceptors (Lipinski definition) is 5. The second kappa shape index (κ2) is 7.74. The Morgan fingerprint density at radius 2 is 1.88 bits per heavy atom. The first-order chi connectivity index (χ1) is 12.1. The van der Waals surface area contributed by atoms with E-state index in [0.717, 1.165) is 18.9 Å². The number of primary amides is 1. The van der Waals surface area contributed by atoms with Crippen molar-refractivity contribution in [2.75, 3.05) is 18.0 Å². The van der Waals surface area contributed by atoms with Crippen molar-refractivity contribution >= 4 is 17.6 Å². The van der Waals surface area contributed by atoms with Crippen LogP contribution in [0.2, 0.25) is 0 Å². The smallest absolute Gasteiger partial charge is 0.244 e. The van der Waals surface area contributed by atoms with Gasteiger partial charge in [0.1, 0.15) is 11.9 Å². The summed E-state index contributed by atoms with van der Waals surface area (Å²) in [6.07, 6.45) is 6.41. The van der Waals surface area contributed by atoms with Crippen molar-refractivity contribution in [1.82, 2.24) is 15.3 Å². The van der Waals surface area contributed by atoms with Gasteiger partial charge >= 0.3 is 0 Å². The molecule has 2 aromatic rings. The largest absolute Gasteiger partial charge is 0.368 e. The lowest BCUT2D eigenvalue weighted by atomic mass is 9.95. The molecule has 1 atom stereocenters. The summed E-state index contributed by atoms with van der Waals surface area (Å²) >= 11 is 0. The molecular formula is C18H21N5O2. The highest BCUT2D eigenvalue weighted by Gasteiger charge is 2.29. The van der Waals surface area contributed by atoms with Crippen LogP contribution in [0, 0.1) is 5.92 Å². The van der Waals surface area contributed by atoms with Crippen molar-refractivity contribution < 1.29 is 9.59 Å². The molecule has 1 saturated heterocycles. The zero-order valence-corrected chi connectivity index (χ0v) is 13.8. The average molecular weight is 339 g/mol. The van der Waals surface area contributed by atoms with Gasteiger partial charge in [-0.05, 0) is 18.4 Å². The molecule has 0 bridgehead atoms. The minimum Gasteiger partial charge on any atom is -0.368 e. The molecule has 7 heteroatoms. The predicted octanol–water partition coefficient (Wildman–Crippen LogP) is 1.04. The number of rotatable bonds is 5. The molecule has 1 aliphatic rings. The van der Waals surface area contributed by atoms with E-state index in [0.29, 0.717) is 18.4 Å². The fraction of sp³-hybridized carbons (Fsp3) is 0.333. The molecule has 0 spiro atoms. The molecule has 0 radical (unpaired) electrons. The Kier molecular flexibility index (Phi) is 5.23. The molecular weight excluding hydrogens is 318 g/mol. The SMILES string of the molecule is NC(=O)C(NC(=O)C1CCN(c2cnccn2)CC1)c1ccccc1. The second-order valence-electron chi connectivity index (χ2n) is 6.08. The van der Waals surface area contributed by atoms with Crippen LogP contribution in [0.4, 0.5) is 5.82 Å². The summed E-state index contributed by atoms with van der Waals surface area (Å²) in [7, 11) is 0. The maximum absolute atomic E-state index is 12.6. The number of carbonyl (C=O) groups excluding carboxylic acids is 2. The summed E-state index contributed by atoms with van der Waals surface area (Å²) in [6, 6.07) is 8.25. The first-order valence-electron chi connectivity index (χ1n) is 8.31. The molecule has 3 N–H and O–H groups in total. The van der Waals surface area contributed by atoms with Gasteiger partial charge in [0.25, 0.3) is 0 Å². The third-order valence-corrected chi connectivity index (χ3v) is 4.44. The third kappa shape index (κ3) is 4.12. The Bertz CT molecular complexity index is 715. The number of nitrogens with two attached hydrogens (primary N) is 1. The van der Waals surface area contributed by atoms with E-state index >= 15 is 0 Å². The zero-order valence-electron chi connectivity index (χ0n) is 13.8. The minimum absolute atomic E-state index is 0.133. The molecule has 0 aliphatic carbocycles. The van der Waals surface area contributed by atoms with Crippen LogP contribution in [-0.2, 0) is 9.59 Å². The monoisotopic (exact) mass is 339 g/mol. The van der Waals surface area contributed by atoms with Gasteiger partial charge in [-0.1, -0.05) is 30.3 Å². The summed E-state index contributed by atoms with van der Waals surface area (Å²) in [4.78, 5) is 34.8. The Balaban J connectivity index is 1.59. The van der Waals surface area contributed by atoms with E-state index < -0.39 is 11.9 Å². The summed E-state index contributed by atoms with van der Waals surface area (Å²) < 4.78 is 0. The van der Waals surface area contributed by atoms with Gasteiger partial charge in [-0.2, -0.15) is 0 Å². The fourth-order valence-corrected chi connectivity index (χ4v) is 3.05. The van der Waals surface area contributed by atoms with E-state index in [1.54, 1.807) is 30.7 Å². The molecule has 1 unspecified atom stereocenters. The summed E-state index contributed by atoms with van der Waals surface area (Å²) in [6.45, 7) is 1.45. The molecule has 25 heavy (non-hydrogen) atoms. The lowest BCUT2D eigenvalue weighted by Gasteiger charge is -2.32. The molecule has 7 nitrogen and oxygen atoms in total. The number of benzene rings is 1. The van der Waals surface area contributed by atoms with Gasteiger partial charge < -0.3 is 16.0 Å². The number of nitrogens with one attached hydrogen (secondary N) is 1. The number of anilines is 1. The Morgan fingerprint density at radius 1 is 1.16 bits per heavy atom. The summed E-state index contributed by atoms with van der Waals surface area (Å²) in [5, 5.41) is 2.80. The average Bonchev–Trinajstić information content (AvgIpc) is 2.67. The molecule has 2 amide bonds. The van der Waals surface area contributed by atoms with E-state index in [1.165, 1.54) is 0 Å². The maximum Gasteiger partial charge on any atom is 0.244 e. The maximum atomic E-state index is 12.6. The fourth-order valence-electron chi connectivity index (χ4n) is 3.05. The molecule has 1 aliphatic heterocycles. The van der Waals surface area contributed by atoms with Gasteiger partial charge in [-0.15, -0.1) is 0 Å². The van der Waals surface area contributed by atoms with Crippen LogP contribution in [0.15, 0.2) is 48.9 Å². The number of nitrogens with zero attached hydrogens (tertiary/aromatic N) is 3. The van der Waals surface area contributed by atoms with Crippen molar-refractivity contribution in [3.8, 4) is 0 Å². The number of carbonyl (C=O) groups is 2. The number of piperidine rings is 1. The van der Waals surface area contributed by atoms with Crippen molar-refractivity contribution in [2.45, 2.75) is 18.9 Å². The van der Waals surface area contributed by atoms with Gasteiger partial charge in [0.05, 0.1) is 6.20 Å². The van der Waals surface area contributed by atoms with Crippen molar-refractivity contribution in [3.63, 3.8) is 0 Å². The van der Waals surface area contributed by atoms with Crippen molar-refractivity contribution in [2.24, 2.45) is 11.7 Å². The van der Waals surface area contributed by atoms with E-state index in [-0.39, 0.29) is 11.8 Å². The Labute approximate surface area is 146 Å². The molecule has 1 fully saturated rings. The highest BCUT2D eigenvalue weighted by atomic mass is 16.2. The van der Waals surface area contributed by atoms with Crippen LogP contribution in [-0.4, -0.2) is 34.9 Å². The quantitative estimate of drug-likeness (QED) is 0.847. The first-order valence-corrected chi connectivity index (χ1v) is 8.31. The van der Waals surface area contributed by atoms with E-state index in [1.807, 2.05) is 18.2 Å². The number of aromatic nitrogens is 2.